The Kier molecular flexibility index (Phi) is 7.56. The number of hydrogen-bond acceptors (Lipinski definition) is 7. The molecule has 2 saturated carbocycles. The number of aliphatic hydroxyl groups is 2. The summed E-state index contributed by atoms with van der Waals surface area (Å²) in [4.78, 5) is 38.2. The van der Waals surface area contributed by atoms with Crippen molar-refractivity contribution < 1.29 is 34.1 Å². The molecule has 1 aromatic carbocycles. The third kappa shape index (κ3) is 4.78. The van der Waals surface area contributed by atoms with Gasteiger partial charge in [0.05, 0.1) is 6.10 Å². The number of Topliss-reactive ketones (excluding diaryl/α,β-unsaturated/α-hetero) is 1. The van der Waals surface area contributed by atoms with Crippen LogP contribution in [0.4, 0.5) is 0 Å². The van der Waals surface area contributed by atoms with Crippen molar-refractivity contribution in [3.05, 3.63) is 65.3 Å². The third-order valence-electron chi connectivity index (χ3n) is 9.08. The molecule has 38 heavy (non-hydrogen) atoms. The summed E-state index contributed by atoms with van der Waals surface area (Å²) in [5.41, 5.74) is 0.620. The molecular formula is C31H38O7. The van der Waals surface area contributed by atoms with E-state index in [1.807, 2.05) is 51.1 Å². The number of ether oxygens (including phenoxy) is 2. The van der Waals surface area contributed by atoms with Crippen LogP contribution in [0.25, 0.3) is 6.08 Å². The average Bonchev–Trinajstić information content (AvgIpc) is 2.85. The van der Waals surface area contributed by atoms with Gasteiger partial charge in [-0.15, -0.1) is 0 Å². The maximum atomic E-state index is 13.1. The Labute approximate surface area is 224 Å². The molecular weight excluding hydrogens is 484 g/mol. The number of hydrogen-bond donors (Lipinski definition) is 2. The van der Waals surface area contributed by atoms with Crippen molar-refractivity contribution in [1.82, 2.24) is 0 Å². The van der Waals surface area contributed by atoms with Crippen LogP contribution >= 0.6 is 0 Å². The van der Waals surface area contributed by atoms with E-state index in [9.17, 15) is 24.6 Å². The van der Waals surface area contributed by atoms with Crippen LogP contribution in [0.5, 0.6) is 0 Å². The summed E-state index contributed by atoms with van der Waals surface area (Å²) in [5.74, 6) is -2.31. The zero-order valence-electron chi connectivity index (χ0n) is 22.8. The van der Waals surface area contributed by atoms with Gasteiger partial charge in [-0.25, -0.2) is 4.79 Å². The van der Waals surface area contributed by atoms with Crippen molar-refractivity contribution in [3.63, 3.8) is 0 Å². The quantitative estimate of drug-likeness (QED) is 0.347. The molecule has 0 aliphatic heterocycles. The van der Waals surface area contributed by atoms with Gasteiger partial charge in [-0.05, 0) is 53.5 Å². The lowest BCUT2D eigenvalue weighted by molar-refractivity contribution is -0.183. The molecule has 2 fully saturated rings. The molecule has 0 aromatic heterocycles. The fourth-order valence-electron chi connectivity index (χ4n) is 7.03. The monoisotopic (exact) mass is 522 g/mol. The number of carbonyl (C=O) groups excluding carboxylic acids is 3. The van der Waals surface area contributed by atoms with E-state index >= 15 is 0 Å². The number of rotatable bonds is 4. The Morgan fingerprint density at radius 1 is 1.11 bits per heavy atom. The minimum Gasteiger partial charge on any atom is -0.462 e. The molecule has 7 heteroatoms. The molecule has 0 spiro atoms. The van der Waals surface area contributed by atoms with E-state index in [0.29, 0.717) is 29.6 Å². The second kappa shape index (κ2) is 10.3. The van der Waals surface area contributed by atoms with Crippen LogP contribution < -0.4 is 0 Å². The van der Waals surface area contributed by atoms with Crippen LogP contribution in [0, 0.1) is 22.7 Å². The SMILES string of the molecule is C=C1C2[C@H](OC(C)=O)[C@@H]3CC(=O)C(C)=C([C@@H](O)[C@H](O)[C@@]2(C)CC[C@@H]1OC(=O)C=Cc1ccccc1)C3(C)C. The Morgan fingerprint density at radius 3 is 2.39 bits per heavy atom. The van der Waals surface area contributed by atoms with E-state index in [1.54, 1.807) is 13.0 Å². The highest BCUT2D eigenvalue weighted by Crippen LogP contribution is 2.59. The van der Waals surface area contributed by atoms with Gasteiger partial charge in [0, 0.05) is 36.7 Å². The highest BCUT2D eigenvalue weighted by Gasteiger charge is 2.62. The van der Waals surface area contributed by atoms with Crippen molar-refractivity contribution >= 4 is 23.8 Å². The van der Waals surface area contributed by atoms with Crippen molar-refractivity contribution in [1.29, 1.82) is 0 Å². The van der Waals surface area contributed by atoms with Crippen molar-refractivity contribution in [3.8, 4) is 0 Å². The average molecular weight is 523 g/mol. The fourth-order valence-corrected chi connectivity index (χ4v) is 7.03. The molecule has 2 N–H and O–H groups in total. The predicted molar refractivity (Wildman–Crippen MR) is 142 cm³/mol. The summed E-state index contributed by atoms with van der Waals surface area (Å²) >= 11 is 0. The first kappa shape index (κ1) is 28.0. The summed E-state index contributed by atoms with van der Waals surface area (Å²) in [6, 6.07) is 9.38. The molecule has 3 aliphatic carbocycles. The van der Waals surface area contributed by atoms with E-state index in [4.69, 9.17) is 9.47 Å². The predicted octanol–water partition coefficient (Wildman–Crippen LogP) is 4.18. The van der Waals surface area contributed by atoms with E-state index in [2.05, 4.69) is 6.58 Å². The first-order valence-corrected chi connectivity index (χ1v) is 13.2. The number of benzene rings is 1. The second-order valence-electron chi connectivity index (χ2n) is 11.7. The molecule has 204 valence electrons. The Balaban J connectivity index is 1.73. The topological polar surface area (TPSA) is 110 Å². The van der Waals surface area contributed by atoms with Gasteiger partial charge in [0.1, 0.15) is 18.3 Å². The van der Waals surface area contributed by atoms with Gasteiger partial charge in [0.2, 0.25) is 0 Å². The maximum absolute atomic E-state index is 13.1. The standard InChI is InChI=1S/C31H38O7/c1-17-22(33)16-21-28(37-19(3)32)26-18(2)23(38-24(34)13-12-20-10-8-7-9-11-20)14-15-31(26,6)29(36)27(35)25(17)30(21,4)5/h7-13,21,23,26-29,35-36H,2,14-16H2,1,3-6H3/t21-,23-,26?,27+,28+,29-,31-/m0/s1. The number of esters is 2. The number of allylic oxidation sites excluding steroid dienone is 1. The largest absolute Gasteiger partial charge is 0.462 e. The van der Waals surface area contributed by atoms with E-state index in [-0.39, 0.29) is 12.2 Å². The van der Waals surface area contributed by atoms with Gasteiger partial charge in [-0.3, -0.25) is 9.59 Å². The lowest BCUT2D eigenvalue weighted by Crippen LogP contribution is -2.62. The van der Waals surface area contributed by atoms with Crippen molar-refractivity contribution in [2.24, 2.45) is 22.7 Å². The molecule has 7 atom stereocenters. The lowest BCUT2D eigenvalue weighted by Gasteiger charge is -2.58. The van der Waals surface area contributed by atoms with Crippen LogP contribution in [-0.2, 0) is 23.9 Å². The minimum atomic E-state index is -1.27. The number of ketones is 1. The number of aliphatic hydroxyl groups excluding tert-OH is 2. The van der Waals surface area contributed by atoms with Crippen LogP contribution in [0.15, 0.2) is 59.7 Å². The van der Waals surface area contributed by atoms with Crippen LogP contribution in [0.2, 0.25) is 0 Å². The molecule has 0 radical (unpaired) electrons. The van der Waals surface area contributed by atoms with Gasteiger partial charge in [-0.2, -0.15) is 0 Å². The lowest BCUT2D eigenvalue weighted by atomic mass is 9.49. The molecule has 4 rings (SSSR count). The third-order valence-corrected chi connectivity index (χ3v) is 9.08. The zero-order chi connectivity index (χ0) is 28.0. The van der Waals surface area contributed by atoms with E-state index < -0.39 is 59.0 Å². The molecule has 1 unspecified atom stereocenters. The molecule has 2 bridgehead atoms. The maximum Gasteiger partial charge on any atom is 0.331 e. The van der Waals surface area contributed by atoms with Crippen molar-refractivity contribution in [2.45, 2.75) is 78.3 Å². The van der Waals surface area contributed by atoms with Crippen LogP contribution in [-0.4, -0.2) is 52.4 Å². The van der Waals surface area contributed by atoms with Gasteiger partial charge < -0.3 is 19.7 Å². The van der Waals surface area contributed by atoms with Crippen LogP contribution in [0.1, 0.15) is 59.4 Å². The fraction of sp³-hybridized carbons (Fsp3) is 0.516. The summed E-state index contributed by atoms with van der Waals surface area (Å²) in [5, 5.41) is 23.1. The second-order valence-corrected chi connectivity index (χ2v) is 11.7. The molecule has 3 aliphatic rings. The molecule has 1 aromatic rings. The first-order valence-electron chi connectivity index (χ1n) is 13.2. The summed E-state index contributed by atoms with van der Waals surface area (Å²) in [7, 11) is 0. The van der Waals surface area contributed by atoms with E-state index in [0.717, 1.165) is 5.56 Å². The zero-order valence-corrected chi connectivity index (χ0v) is 22.8. The minimum absolute atomic E-state index is 0.132. The van der Waals surface area contributed by atoms with E-state index in [1.165, 1.54) is 13.0 Å². The smallest absolute Gasteiger partial charge is 0.331 e. The first-order chi connectivity index (χ1) is 17.8. The van der Waals surface area contributed by atoms with Gasteiger partial charge in [-0.1, -0.05) is 57.7 Å². The molecule has 0 amide bonds. The van der Waals surface area contributed by atoms with Gasteiger partial charge in [0.25, 0.3) is 0 Å². The van der Waals surface area contributed by atoms with Gasteiger partial charge >= 0.3 is 11.9 Å². The summed E-state index contributed by atoms with van der Waals surface area (Å²) in [6.45, 7) is 13.0. The Hall–Kier alpha value is -3.03. The van der Waals surface area contributed by atoms with Crippen LogP contribution in [0.3, 0.4) is 0 Å². The normalized spacial score (nSPS) is 34.8. The Morgan fingerprint density at radius 2 is 1.76 bits per heavy atom. The highest BCUT2D eigenvalue weighted by atomic mass is 16.6. The molecule has 7 nitrogen and oxygen atoms in total. The van der Waals surface area contributed by atoms with Crippen molar-refractivity contribution in [2.75, 3.05) is 0 Å². The number of carbonyl (C=O) groups is 3. The highest BCUT2D eigenvalue weighted by molar-refractivity contribution is 5.97. The Bertz CT molecular complexity index is 1190. The molecule has 0 saturated heterocycles. The summed E-state index contributed by atoms with van der Waals surface area (Å²) < 4.78 is 11.8. The molecule has 0 heterocycles. The summed E-state index contributed by atoms with van der Waals surface area (Å²) in [6.07, 6.45) is -0.0817. The van der Waals surface area contributed by atoms with Gasteiger partial charge in [0.15, 0.2) is 5.78 Å². The number of fused-ring (bicyclic) bond motifs is 3.